The van der Waals surface area contributed by atoms with Crippen LogP contribution in [0.4, 0.5) is 0 Å². The summed E-state index contributed by atoms with van der Waals surface area (Å²) in [6.45, 7) is 6.42. The highest BCUT2D eigenvalue weighted by Crippen LogP contribution is 2.14. The second kappa shape index (κ2) is 6.54. The Labute approximate surface area is 135 Å². The van der Waals surface area contributed by atoms with Gasteiger partial charge in [0.2, 0.25) is 0 Å². The van der Waals surface area contributed by atoms with Crippen LogP contribution in [0.15, 0.2) is 16.7 Å². The van der Waals surface area contributed by atoms with Gasteiger partial charge in [0.1, 0.15) is 11.5 Å². The predicted molar refractivity (Wildman–Crippen MR) is 85.0 cm³/mol. The number of amides is 1. The van der Waals surface area contributed by atoms with E-state index in [0.29, 0.717) is 5.69 Å². The maximum absolute atomic E-state index is 12.3. The van der Waals surface area contributed by atoms with Gasteiger partial charge in [-0.2, -0.15) is 5.10 Å². The fourth-order valence-corrected chi connectivity index (χ4v) is 2.97. The van der Waals surface area contributed by atoms with Gasteiger partial charge in [0, 0.05) is 37.9 Å². The van der Waals surface area contributed by atoms with Crippen LogP contribution in [-0.4, -0.2) is 44.9 Å². The monoisotopic (exact) mass is 317 g/mol. The lowest BCUT2D eigenvalue weighted by molar-refractivity contribution is 0.0894. The molecule has 0 saturated carbocycles. The Morgan fingerprint density at radius 1 is 1.43 bits per heavy atom. The smallest absolute Gasteiger partial charge is 0.272 e. The number of carbonyl (C=O) groups is 1. The summed E-state index contributed by atoms with van der Waals surface area (Å²) in [4.78, 5) is 14.6. The number of aryl methyl sites for hydroxylation is 3. The largest absolute Gasteiger partial charge is 0.361 e. The van der Waals surface area contributed by atoms with Crippen molar-refractivity contribution in [1.82, 2.24) is 25.2 Å². The second-order valence-electron chi connectivity index (χ2n) is 6.27. The molecule has 1 fully saturated rings. The number of likely N-dealkylation sites (tertiary alicyclic amines) is 1. The molecule has 1 atom stereocenters. The van der Waals surface area contributed by atoms with E-state index in [-0.39, 0.29) is 11.9 Å². The molecule has 1 unspecified atom stereocenters. The zero-order valence-electron chi connectivity index (χ0n) is 13.9. The van der Waals surface area contributed by atoms with Crippen molar-refractivity contribution in [1.29, 1.82) is 0 Å². The van der Waals surface area contributed by atoms with Gasteiger partial charge in [-0.3, -0.25) is 14.4 Å². The molecular weight excluding hydrogens is 294 g/mol. The number of rotatable bonds is 4. The zero-order valence-corrected chi connectivity index (χ0v) is 13.9. The Morgan fingerprint density at radius 2 is 2.26 bits per heavy atom. The number of nitrogens with zero attached hydrogens (tertiary/aromatic N) is 4. The number of nitrogens with one attached hydrogen (secondary N) is 1. The molecule has 0 bridgehead atoms. The normalized spacial score (nSPS) is 19.0. The lowest BCUT2D eigenvalue weighted by Crippen LogP contribution is -2.47. The van der Waals surface area contributed by atoms with Crippen molar-refractivity contribution in [3.05, 3.63) is 35.0 Å². The van der Waals surface area contributed by atoms with E-state index in [1.54, 1.807) is 4.68 Å². The molecule has 1 amide bonds. The molecule has 0 radical (unpaired) electrons. The Kier molecular flexibility index (Phi) is 4.47. The van der Waals surface area contributed by atoms with E-state index in [1.165, 1.54) is 0 Å². The molecule has 0 aliphatic carbocycles. The van der Waals surface area contributed by atoms with Crippen LogP contribution >= 0.6 is 0 Å². The maximum Gasteiger partial charge on any atom is 0.272 e. The summed E-state index contributed by atoms with van der Waals surface area (Å²) in [5.74, 6) is 0.727. The number of aromatic nitrogens is 3. The van der Waals surface area contributed by atoms with Gasteiger partial charge in [-0.05, 0) is 39.3 Å². The molecule has 1 saturated heterocycles. The van der Waals surface area contributed by atoms with Crippen molar-refractivity contribution >= 4 is 5.91 Å². The fraction of sp³-hybridized carbons (Fsp3) is 0.562. The molecule has 0 aromatic carbocycles. The molecule has 2 aromatic heterocycles. The summed E-state index contributed by atoms with van der Waals surface area (Å²) in [7, 11) is 1.84. The van der Waals surface area contributed by atoms with Crippen molar-refractivity contribution in [3.63, 3.8) is 0 Å². The van der Waals surface area contributed by atoms with Crippen LogP contribution in [0.5, 0.6) is 0 Å². The minimum atomic E-state index is -0.0992. The molecule has 3 heterocycles. The van der Waals surface area contributed by atoms with Gasteiger partial charge in [-0.25, -0.2) is 0 Å². The van der Waals surface area contributed by atoms with Crippen LogP contribution in [0.3, 0.4) is 0 Å². The van der Waals surface area contributed by atoms with Crippen LogP contribution in [0, 0.1) is 13.8 Å². The van der Waals surface area contributed by atoms with E-state index < -0.39 is 0 Å². The minimum Gasteiger partial charge on any atom is -0.361 e. The average molecular weight is 317 g/mol. The third kappa shape index (κ3) is 3.79. The second-order valence-corrected chi connectivity index (χ2v) is 6.27. The fourth-order valence-electron chi connectivity index (χ4n) is 2.97. The number of hydrogen-bond donors (Lipinski definition) is 1. The highest BCUT2D eigenvalue weighted by molar-refractivity contribution is 5.92. The van der Waals surface area contributed by atoms with Crippen LogP contribution < -0.4 is 5.32 Å². The van der Waals surface area contributed by atoms with E-state index in [2.05, 4.69) is 20.5 Å². The van der Waals surface area contributed by atoms with Crippen molar-refractivity contribution < 1.29 is 9.32 Å². The van der Waals surface area contributed by atoms with E-state index in [9.17, 15) is 4.79 Å². The van der Waals surface area contributed by atoms with Gasteiger partial charge in [0.05, 0.1) is 5.69 Å². The number of carbonyl (C=O) groups excluding carboxylic acids is 1. The molecular formula is C16H23N5O2. The predicted octanol–water partition coefficient (Wildman–Crippen LogP) is 1.42. The maximum atomic E-state index is 12.3. The Bertz CT molecular complexity index is 671. The Balaban J connectivity index is 1.56. The van der Waals surface area contributed by atoms with Crippen molar-refractivity contribution in [3.8, 4) is 0 Å². The third-order valence-corrected chi connectivity index (χ3v) is 4.25. The van der Waals surface area contributed by atoms with Crippen molar-refractivity contribution in [2.75, 3.05) is 13.1 Å². The zero-order chi connectivity index (χ0) is 16.4. The first kappa shape index (κ1) is 15.7. The van der Waals surface area contributed by atoms with Crippen LogP contribution in [-0.2, 0) is 13.6 Å². The summed E-state index contributed by atoms with van der Waals surface area (Å²) in [6.07, 6.45) is 2.05. The first-order valence-electron chi connectivity index (χ1n) is 7.97. The summed E-state index contributed by atoms with van der Waals surface area (Å²) in [5, 5.41) is 11.4. The van der Waals surface area contributed by atoms with Gasteiger partial charge in [-0.1, -0.05) is 5.16 Å². The van der Waals surface area contributed by atoms with Gasteiger partial charge in [0.15, 0.2) is 0 Å². The lowest BCUT2D eigenvalue weighted by atomic mass is 10.1. The van der Waals surface area contributed by atoms with Gasteiger partial charge in [-0.15, -0.1) is 0 Å². The van der Waals surface area contributed by atoms with Gasteiger partial charge < -0.3 is 9.84 Å². The van der Waals surface area contributed by atoms with E-state index >= 15 is 0 Å². The van der Waals surface area contributed by atoms with E-state index in [0.717, 1.165) is 49.6 Å². The molecule has 1 N–H and O–H groups in total. The van der Waals surface area contributed by atoms with E-state index in [1.807, 2.05) is 33.0 Å². The van der Waals surface area contributed by atoms with Crippen molar-refractivity contribution in [2.24, 2.45) is 7.05 Å². The van der Waals surface area contributed by atoms with Crippen molar-refractivity contribution in [2.45, 2.75) is 39.3 Å². The summed E-state index contributed by atoms with van der Waals surface area (Å²) in [5.41, 5.74) is 2.39. The van der Waals surface area contributed by atoms with Crippen LogP contribution in [0.25, 0.3) is 0 Å². The van der Waals surface area contributed by atoms with E-state index in [4.69, 9.17) is 4.52 Å². The molecule has 1 aliphatic rings. The molecule has 7 heteroatoms. The molecule has 23 heavy (non-hydrogen) atoms. The molecule has 124 valence electrons. The molecule has 0 spiro atoms. The quantitative estimate of drug-likeness (QED) is 0.923. The summed E-state index contributed by atoms with van der Waals surface area (Å²) in [6, 6.07) is 3.92. The molecule has 7 nitrogen and oxygen atoms in total. The molecule has 2 aromatic rings. The SMILES string of the molecule is Cc1cc(CN2CCCC(NC(=O)c3cc(C)n(C)n3)C2)no1. The molecule has 3 rings (SSSR count). The highest BCUT2D eigenvalue weighted by atomic mass is 16.5. The average Bonchev–Trinajstić information content (AvgIpc) is 3.06. The first-order valence-corrected chi connectivity index (χ1v) is 7.97. The highest BCUT2D eigenvalue weighted by Gasteiger charge is 2.23. The summed E-state index contributed by atoms with van der Waals surface area (Å²) < 4.78 is 6.83. The van der Waals surface area contributed by atoms with Crippen LogP contribution in [0.2, 0.25) is 0 Å². The van der Waals surface area contributed by atoms with Gasteiger partial charge in [0.25, 0.3) is 5.91 Å². The molecule has 1 aliphatic heterocycles. The number of hydrogen-bond acceptors (Lipinski definition) is 5. The van der Waals surface area contributed by atoms with Crippen LogP contribution in [0.1, 0.15) is 40.5 Å². The number of piperidine rings is 1. The third-order valence-electron chi connectivity index (χ3n) is 4.25. The lowest BCUT2D eigenvalue weighted by Gasteiger charge is -2.32. The van der Waals surface area contributed by atoms with Gasteiger partial charge >= 0.3 is 0 Å². The summed E-state index contributed by atoms with van der Waals surface area (Å²) >= 11 is 0. The Morgan fingerprint density at radius 3 is 2.91 bits per heavy atom. The minimum absolute atomic E-state index is 0.0992. The standard InChI is InChI=1S/C16H23N5O2/c1-11-7-15(18-20(11)3)16(22)17-13-5-4-6-21(9-13)10-14-8-12(2)23-19-14/h7-8,13H,4-6,9-10H2,1-3H3,(H,17,22). The first-order chi connectivity index (χ1) is 11.0. The Hall–Kier alpha value is -2.15. The topological polar surface area (TPSA) is 76.2 Å².